The fourth-order valence-corrected chi connectivity index (χ4v) is 7.85. The van der Waals surface area contributed by atoms with Crippen LogP contribution in [0.3, 0.4) is 0 Å². The largest absolute Gasteiger partial charge is 0.497 e. The molecule has 3 heterocycles. The Morgan fingerprint density at radius 3 is 1.17 bits per heavy atom. The molecule has 0 spiro atoms. The Morgan fingerprint density at radius 2 is 0.769 bits per heavy atom. The van der Waals surface area contributed by atoms with E-state index in [0.717, 1.165) is 101 Å². The number of fused-ring (bicyclic) bond motifs is 10. The van der Waals surface area contributed by atoms with Crippen LogP contribution < -0.4 is 23.8 Å². The Labute approximate surface area is 300 Å². The van der Waals surface area contributed by atoms with Crippen LogP contribution in [-0.4, -0.2) is 30.5 Å². The molecule has 0 saturated heterocycles. The van der Waals surface area contributed by atoms with Gasteiger partial charge in [-0.25, -0.2) is 0 Å². The summed E-state index contributed by atoms with van der Waals surface area (Å²) >= 11 is 0. The van der Waals surface area contributed by atoms with E-state index in [1.165, 1.54) is 0 Å². The van der Waals surface area contributed by atoms with Gasteiger partial charge < -0.3 is 33.0 Å². The van der Waals surface area contributed by atoms with Crippen LogP contribution in [0, 0.1) is 0 Å². The molecule has 0 atom stereocenters. The van der Waals surface area contributed by atoms with Crippen molar-refractivity contribution in [3.05, 3.63) is 146 Å². The first-order chi connectivity index (χ1) is 25.7. The van der Waals surface area contributed by atoms with Crippen molar-refractivity contribution in [2.45, 2.75) is 0 Å². The predicted molar refractivity (Wildman–Crippen MR) is 210 cm³/mol. The number of aromatic nitrogens is 2. The van der Waals surface area contributed by atoms with Crippen LogP contribution >= 0.6 is 0 Å². The standard InChI is InChI=1S/C45H33N3O4/c1-49-31-18-12-28(13-19-31)46-36-10-6-4-8-34(36)42-38(46)24-26-40-44(42)52-45-41(48(40)30-16-22-33(51-3)23-17-30)27-25-39-43(45)35-9-5-7-11-37(35)47(39)29-14-20-32(50-2)21-15-29/h4-27H,1-3H3. The molecule has 0 fully saturated rings. The van der Waals surface area contributed by atoms with Crippen LogP contribution in [-0.2, 0) is 0 Å². The number of rotatable bonds is 6. The first kappa shape index (κ1) is 30.0. The van der Waals surface area contributed by atoms with Gasteiger partial charge >= 0.3 is 0 Å². The molecule has 10 rings (SSSR count). The van der Waals surface area contributed by atoms with Crippen molar-refractivity contribution >= 4 is 60.7 Å². The van der Waals surface area contributed by atoms with Crippen molar-refractivity contribution < 1.29 is 18.9 Å². The molecular weight excluding hydrogens is 647 g/mol. The van der Waals surface area contributed by atoms with E-state index in [1.807, 2.05) is 36.4 Å². The van der Waals surface area contributed by atoms with Gasteiger partial charge in [0.05, 0.1) is 65.5 Å². The van der Waals surface area contributed by atoms with Crippen molar-refractivity contribution in [2.24, 2.45) is 0 Å². The Morgan fingerprint density at radius 1 is 0.385 bits per heavy atom. The van der Waals surface area contributed by atoms with E-state index >= 15 is 0 Å². The fourth-order valence-electron chi connectivity index (χ4n) is 7.85. The summed E-state index contributed by atoms with van der Waals surface area (Å²) in [5, 5.41) is 4.31. The van der Waals surface area contributed by atoms with Crippen molar-refractivity contribution in [3.8, 4) is 40.1 Å². The Kier molecular flexibility index (Phi) is 6.70. The highest BCUT2D eigenvalue weighted by molar-refractivity contribution is 6.19. The normalized spacial score (nSPS) is 12.2. The van der Waals surface area contributed by atoms with Crippen molar-refractivity contribution in [1.82, 2.24) is 9.13 Å². The van der Waals surface area contributed by atoms with E-state index in [0.29, 0.717) is 0 Å². The molecular formula is C45H33N3O4. The van der Waals surface area contributed by atoms with E-state index in [9.17, 15) is 0 Å². The quantitative estimate of drug-likeness (QED) is 0.175. The number of benzene rings is 7. The van der Waals surface area contributed by atoms with Crippen LogP contribution in [0.4, 0.5) is 17.1 Å². The SMILES string of the molecule is COc1ccc(N2c3ccc4c(c3Oc3c2ccc2c3c3ccccc3n2-c2ccc(OC)cc2)c2ccccc2n4-c2ccc(OC)cc2)cc1. The van der Waals surface area contributed by atoms with E-state index in [4.69, 9.17) is 18.9 Å². The third-order valence-electron chi connectivity index (χ3n) is 10.2. The van der Waals surface area contributed by atoms with E-state index in [-0.39, 0.29) is 0 Å². The first-order valence-electron chi connectivity index (χ1n) is 17.2. The lowest BCUT2D eigenvalue weighted by molar-refractivity contribution is 0.414. The van der Waals surface area contributed by atoms with E-state index in [1.54, 1.807) is 21.3 Å². The van der Waals surface area contributed by atoms with Crippen LogP contribution in [0.15, 0.2) is 146 Å². The lowest BCUT2D eigenvalue weighted by Gasteiger charge is -2.34. The molecule has 252 valence electrons. The first-order valence-corrected chi connectivity index (χ1v) is 17.2. The molecule has 9 aromatic rings. The van der Waals surface area contributed by atoms with Gasteiger partial charge in [0, 0.05) is 27.8 Å². The van der Waals surface area contributed by atoms with Crippen molar-refractivity contribution in [3.63, 3.8) is 0 Å². The summed E-state index contributed by atoms with van der Waals surface area (Å²) in [5.41, 5.74) is 9.30. The smallest absolute Gasteiger partial charge is 0.161 e. The molecule has 0 unspecified atom stereocenters. The zero-order valence-electron chi connectivity index (χ0n) is 28.8. The van der Waals surface area contributed by atoms with Crippen LogP contribution in [0.5, 0.6) is 28.7 Å². The number of ether oxygens (including phenoxy) is 4. The summed E-state index contributed by atoms with van der Waals surface area (Å²) in [5.74, 6) is 4.04. The summed E-state index contributed by atoms with van der Waals surface area (Å²) in [6.07, 6.45) is 0. The fraction of sp³-hybridized carbons (Fsp3) is 0.0667. The molecule has 52 heavy (non-hydrogen) atoms. The van der Waals surface area contributed by atoms with Gasteiger partial charge in [0.1, 0.15) is 17.2 Å². The Hall–Kier alpha value is -6.86. The second-order valence-corrected chi connectivity index (χ2v) is 12.9. The molecule has 0 bridgehead atoms. The maximum atomic E-state index is 7.36. The third kappa shape index (κ3) is 4.32. The molecule has 0 amide bonds. The molecule has 7 aromatic carbocycles. The van der Waals surface area contributed by atoms with Crippen molar-refractivity contribution in [2.75, 3.05) is 26.2 Å². The molecule has 0 radical (unpaired) electrons. The predicted octanol–water partition coefficient (Wildman–Crippen LogP) is 11.5. The van der Waals surface area contributed by atoms with Crippen LogP contribution in [0.25, 0.3) is 55.0 Å². The van der Waals surface area contributed by atoms with E-state index in [2.05, 4.69) is 123 Å². The lowest BCUT2D eigenvalue weighted by Crippen LogP contribution is -2.16. The number of methoxy groups -OCH3 is 3. The summed E-state index contributed by atoms with van der Waals surface area (Å²) in [7, 11) is 5.08. The number of hydrogen-bond acceptors (Lipinski definition) is 5. The molecule has 0 N–H and O–H groups in total. The number of para-hydroxylation sites is 2. The highest BCUT2D eigenvalue weighted by atomic mass is 16.5. The summed E-state index contributed by atoms with van der Waals surface area (Å²) < 4.78 is 28.5. The van der Waals surface area contributed by atoms with E-state index < -0.39 is 0 Å². The van der Waals surface area contributed by atoms with Gasteiger partial charge in [-0.2, -0.15) is 0 Å². The number of anilines is 3. The second kappa shape index (κ2) is 11.6. The maximum absolute atomic E-state index is 7.36. The molecule has 0 saturated carbocycles. The van der Waals surface area contributed by atoms with Gasteiger partial charge in [0.25, 0.3) is 0 Å². The van der Waals surface area contributed by atoms with Gasteiger partial charge in [-0.05, 0) is 109 Å². The molecule has 7 heteroatoms. The Balaban J connectivity index is 1.29. The number of nitrogens with zero attached hydrogens (tertiary/aromatic N) is 3. The Bertz CT molecular complexity index is 2640. The summed E-state index contributed by atoms with van der Waals surface area (Å²) in [6, 6.07) is 50.5. The summed E-state index contributed by atoms with van der Waals surface area (Å²) in [6.45, 7) is 0. The minimum Gasteiger partial charge on any atom is -0.497 e. The minimum atomic E-state index is 0.800. The van der Waals surface area contributed by atoms with Gasteiger partial charge in [-0.15, -0.1) is 0 Å². The third-order valence-corrected chi connectivity index (χ3v) is 10.2. The van der Waals surface area contributed by atoms with Crippen LogP contribution in [0.2, 0.25) is 0 Å². The van der Waals surface area contributed by atoms with Gasteiger partial charge in [0.2, 0.25) is 0 Å². The number of hydrogen-bond donors (Lipinski definition) is 0. The molecule has 7 nitrogen and oxygen atoms in total. The molecule has 1 aliphatic heterocycles. The average molecular weight is 680 g/mol. The zero-order chi connectivity index (χ0) is 34.9. The summed E-state index contributed by atoms with van der Waals surface area (Å²) in [4.78, 5) is 2.31. The topological polar surface area (TPSA) is 50.0 Å². The lowest BCUT2D eigenvalue weighted by atomic mass is 10.0. The second-order valence-electron chi connectivity index (χ2n) is 12.9. The molecule has 2 aromatic heterocycles. The highest BCUT2D eigenvalue weighted by Gasteiger charge is 2.32. The van der Waals surface area contributed by atoms with Crippen LogP contribution in [0.1, 0.15) is 0 Å². The monoisotopic (exact) mass is 679 g/mol. The zero-order valence-corrected chi connectivity index (χ0v) is 28.8. The molecule has 1 aliphatic rings. The van der Waals surface area contributed by atoms with Gasteiger partial charge in [-0.3, -0.25) is 0 Å². The highest BCUT2D eigenvalue weighted by Crippen LogP contribution is 2.57. The van der Waals surface area contributed by atoms with Gasteiger partial charge in [0.15, 0.2) is 11.5 Å². The maximum Gasteiger partial charge on any atom is 0.161 e. The average Bonchev–Trinajstić information content (AvgIpc) is 3.73. The molecule has 0 aliphatic carbocycles. The van der Waals surface area contributed by atoms with Crippen molar-refractivity contribution in [1.29, 1.82) is 0 Å². The van der Waals surface area contributed by atoms with Gasteiger partial charge in [-0.1, -0.05) is 36.4 Å². The minimum absolute atomic E-state index is 0.800.